The fourth-order valence-corrected chi connectivity index (χ4v) is 2.81. The van der Waals surface area contributed by atoms with Crippen LogP contribution in [0.15, 0.2) is 18.2 Å². The average molecular weight is 309 g/mol. The van der Waals surface area contributed by atoms with E-state index in [9.17, 15) is 9.90 Å². The van der Waals surface area contributed by atoms with Gasteiger partial charge in [0.1, 0.15) is 0 Å². The molecule has 0 radical (unpaired) electrons. The number of hydrogen-bond donors (Lipinski definition) is 3. The molecule has 3 N–H and O–H groups in total. The Balaban J connectivity index is 1.94. The van der Waals surface area contributed by atoms with Gasteiger partial charge in [-0.2, -0.15) is 5.26 Å². The fraction of sp³-hybridized carbons (Fsp3) is 0.467. The molecule has 1 aromatic rings. The van der Waals surface area contributed by atoms with E-state index in [0.29, 0.717) is 48.5 Å². The van der Waals surface area contributed by atoms with Crippen LogP contribution in [-0.2, 0) is 4.79 Å². The van der Waals surface area contributed by atoms with E-state index >= 15 is 0 Å². The maximum atomic E-state index is 10.9. The van der Waals surface area contributed by atoms with Gasteiger partial charge >= 0.3 is 5.97 Å². The molecule has 5 nitrogen and oxygen atoms in total. The summed E-state index contributed by atoms with van der Waals surface area (Å²) in [4.78, 5) is 10.9. The SMILES string of the molecule is N#Cc1ccc(NCC2(O)CCC(C(=O)O)CC2)c(Cl)c1. The topological polar surface area (TPSA) is 93.4 Å². The second kappa shape index (κ2) is 6.33. The van der Waals surface area contributed by atoms with E-state index in [1.165, 1.54) is 0 Å². The molecule has 0 aromatic heterocycles. The third-order valence-corrected chi connectivity index (χ3v) is 4.28. The van der Waals surface area contributed by atoms with Crippen LogP contribution in [0, 0.1) is 17.2 Å². The lowest BCUT2D eigenvalue weighted by Crippen LogP contribution is -2.41. The Labute approximate surface area is 128 Å². The lowest BCUT2D eigenvalue weighted by molar-refractivity contribution is -0.144. The zero-order valence-corrected chi connectivity index (χ0v) is 12.2. The van der Waals surface area contributed by atoms with Crippen LogP contribution in [0.3, 0.4) is 0 Å². The number of aliphatic carboxylic acids is 1. The maximum Gasteiger partial charge on any atom is 0.306 e. The number of nitrogens with one attached hydrogen (secondary N) is 1. The summed E-state index contributed by atoms with van der Waals surface area (Å²) in [6, 6.07) is 6.92. The van der Waals surface area contributed by atoms with Crippen molar-refractivity contribution in [3.8, 4) is 6.07 Å². The number of anilines is 1. The largest absolute Gasteiger partial charge is 0.481 e. The van der Waals surface area contributed by atoms with Crippen molar-refractivity contribution in [1.29, 1.82) is 5.26 Å². The smallest absolute Gasteiger partial charge is 0.306 e. The van der Waals surface area contributed by atoms with Crippen LogP contribution in [0.5, 0.6) is 0 Å². The third kappa shape index (κ3) is 3.87. The normalized spacial score (nSPS) is 25.1. The molecule has 1 fully saturated rings. The molecule has 21 heavy (non-hydrogen) atoms. The lowest BCUT2D eigenvalue weighted by atomic mass is 9.79. The number of carbonyl (C=O) groups is 1. The Kier molecular flexibility index (Phi) is 4.71. The van der Waals surface area contributed by atoms with Gasteiger partial charge in [-0.1, -0.05) is 11.6 Å². The summed E-state index contributed by atoms with van der Waals surface area (Å²) in [7, 11) is 0. The zero-order valence-electron chi connectivity index (χ0n) is 11.5. The van der Waals surface area contributed by atoms with Crippen molar-refractivity contribution in [1.82, 2.24) is 0 Å². The Morgan fingerprint density at radius 1 is 1.48 bits per heavy atom. The molecule has 2 rings (SSSR count). The molecule has 0 aliphatic heterocycles. The van der Waals surface area contributed by atoms with Crippen molar-refractivity contribution in [2.45, 2.75) is 31.3 Å². The molecule has 1 aliphatic rings. The molecule has 0 saturated heterocycles. The second-order valence-corrected chi connectivity index (χ2v) is 5.90. The van der Waals surface area contributed by atoms with E-state index < -0.39 is 11.6 Å². The molecule has 0 atom stereocenters. The van der Waals surface area contributed by atoms with Gasteiger partial charge in [-0.25, -0.2) is 0 Å². The van der Waals surface area contributed by atoms with Gasteiger partial charge in [-0.15, -0.1) is 0 Å². The lowest BCUT2D eigenvalue weighted by Gasteiger charge is -2.35. The maximum absolute atomic E-state index is 10.9. The Morgan fingerprint density at radius 3 is 2.67 bits per heavy atom. The molecule has 0 spiro atoms. The first-order valence-corrected chi connectivity index (χ1v) is 7.20. The number of aliphatic hydroxyl groups is 1. The van der Waals surface area contributed by atoms with Gasteiger partial charge in [-0.3, -0.25) is 4.79 Å². The van der Waals surface area contributed by atoms with Gasteiger partial charge in [0, 0.05) is 6.54 Å². The van der Waals surface area contributed by atoms with E-state index in [4.69, 9.17) is 22.0 Å². The molecule has 0 bridgehead atoms. The number of nitrogens with zero attached hydrogens (tertiary/aromatic N) is 1. The van der Waals surface area contributed by atoms with Gasteiger partial charge < -0.3 is 15.5 Å². The Hall–Kier alpha value is -1.77. The van der Waals surface area contributed by atoms with E-state index in [0.717, 1.165) is 0 Å². The van der Waals surface area contributed by atoms with Crippen LogP contribution in [0.25, 0.3) is 0 Å². The van der Waals surface area contributed by atoms with Crippen molar-refractivity contribution in [2.24, 2.45) is 5.92 Å². The molecule has 1 aromatic carbocycles. The van der Waals surface area contributed by atoms with Crippen LogP contribution >= 0.6 is 11.6 Å². The van der Waals surface area contributed by atoms with Crippen molar-refractivity contribution in [3.05, 3.63) is 28.8 Å². The summed E-state index contributed by atoms with van der Waals surface area (Å²) in [6.07, 6.45) is 1.86. The molecule has 112 valence electrons. The molecular formula is C15H17ClN2O3. The highest BCUT2D eigenvalue weighted by atomic mass is 35.5. The van der Waals surface area contributed by atoms with Crippen molar-refractivity contribution in [3.63, 3.8) is 0 Å². The molecule has 1 aliphatic carbocycles. The second-order valence-electron chi connectivity index (χ2n) is 5.50. The van der Waals surface area contributed by atoms with Crippen molar-refractivity contribution in [2.75, 3.05) is 11.9 Å². The number of halogens is 1. The summed E-state index contributed by atoms with van der Waals surface area (Å²) in [5.41, 5.74) is 0.221. The monoisotopic (exact) mass is 308 g/mol. The Bertz CT molecular complexity index is 575. The standard InChI is InChI=1S/C15H17ClN2O3/c16-12-7-10(8-17)1-2-13(12)18-9-15(21)5-3-11(4-6-15)14(19)20/h1-2,7,11,18,21H,3-6,9H2,(H,19,20). The van der Waals surface area contributed by atoms with Gasteiger partial charge in [0.15, 0.2) is 0 Å². The minimum atomic E-state index is -0.914. The summed E-state index contributed by atoms with van der Waals surface area (Å²) in [6.45, 7) is 0.310. The average Bonchev–Trinajstić information content (AvgIpc) is 2.46. The zero-order chi connectivity index (χ0) is 15.5. The van der Waals surface area contributed by atoms with Gasteiger partial charge in [0.25, 0.3) is 0 Å². The summed E-state index contributed by atoms with van der Waals surface area (Å²) < 4.78 is 0. The van der Waals surface area contributed by atoms with Crippen LogP contribution < -0.4 is 5.32 Å². The van der Waals surface area contributed by atoms with E-state index in [1.54, 1.807) is 18.2 Å². The number of carboxylic acid groups (broad SMARTS) is 1. The third-order valence-electron chi connectivity index (χ3n) is 3.97. The summed E-state index contributed by atoms with van der Waals surface area (Å²) in [5.74, 6) is -1.15. The van der Waals surface area contributed by atoms with E-state index in [-0.39, 0.29) is 5.92 Å². The highest BCUT2D eigenvalue weighted by molar-refractivity contribution is 6.33. The van der Waals surface area contributed by atoms with Gasteiger partial charge in [-0.05, 0) is 43.9 Å². The number of hydrogen-bond acceptors (Lipinski definition) is 4. The summed E-state index contributed by atoms with van der Waals surface area (Å²) in [5, 5.41) is 31.7. The predicted octanol–water partition coefficient (Wildman–Crippen LogP) is 2.63. The first kappa shape index (κ1) is 15.6. The first-order chi connectivity index (χ1) is 9.93. The molecule has 0 amide bonds. The predicted molar refractivity (Wildman–Crippen MR) is 79.2 cm³/mol. The van der Waals surface area contributed by atoms with E-state index in [1.807, 2.05) is 6.07 Å². The fourth-order valence-electron chi connectivity index (χ4n) is 2.57. The molecular weight excluding hydrogens is 292 g/mol. The molecule has 6 heteroatoms. The highest BCUT2D eigenvalue weighted by Crippen LogP contribution is 2.33. The van der Waals surface area contributed by atoms with Crippen molar-refractivity contribution < 1.29 is 15.0 Å². The van der Waals surface area contributed by atoms with Crippen LogP contribution in [-0.4, -0.2) is 28.3 Å². The quantitative estimate of drug-likeness (QED) is 0.795. The minimum Gasteiger partial charge on any atom is -0.481 e. The Morgan fingerprint density at radius 2 is 2.14 bits per heavy atom. The van der Waals surface area contributed by atoms with E-state index in [2.05, 4.69) is 5.32 Å². The summed E-state index contributed by atoms with van der Waals surface area (Å²) >= 11 is 6.06. The van der Waals surface area contributed by atoms with Gasteiger partial charge in [0.05, 0.1) is 33.9 Å². The molecule has 0 unspecified atom stereocenters. The highest BCUT2D eigenvalue weighted by Gasteiger charge is 2.35. The van der Waals surface area contributed by atoms with Crippen LogP contribution in [0.1, 0.15) is 31.2 Å². The van der Waals surface area contributed by atoms with Crippen LogP contribution in [0.2, 0.25) is 5.02 Å². The van der Waals surface area contributed by atoms with Gasteiger partial charge in [0.2, 0.25) is 0 Å². The first-order valence-electron chi connectivity index (χ1n) is 6.82. The number of carboxylic acids is 1. The number of benzene rings is 1. The van der Waals surface area contributed by atoms with Crippen molar-refractivity contribution >= 4 is 23.3 Å². The molecule has 0 heterocycles. The minimum absolute atomic E-state index is 0.310. The molecule has 1 saturated carbocycles. The number of rotatable bonds is 4. The number of nitriles is 1. The van der Waals surface area contributed by atoms with Crippen LogP contribution in [0.4, 0.5) is 5.69 Å².